The minimum absolute atomic E-state index is 0.145. The molecule has 4 heteroatoms. The van der Waals surface area contributed by atoms with Gasteiger partial charge in [-0.15, -0.1) is 0 Å². The van der Waals surface area contributed by atoms with Crippen LogP contribution in [0.3, 0.4) is 0 Å². The first-order valence-corrected chi connectivity index (χ1v) is 9.46. The van der Waals surface area contributed by atoms with Gasteiger partial charge in [-0.2, -0.15) is 0 Å². The normalized spacial score (nSPS) is 18.6. The van der Waals surface area contributed by atoms with Crippen molar-refractivity contribution in [3.05, 3.63) is 74.2 Å². The molecule has 0 unspecified atom stereocenters. The van der Waals surface area contributed by atoms with Gasteiger partial charge in [0.15, 0.2) is 5.78 Å². The molecule has 1 aliphatic carbocycles. The van der Waals surface area contributed by atoms with Crippen LogP contribution in [-0.4, -0.2) is 5.78 Å². The Hall–Kier alpha value is -0.970. The van der Waals surface area contributed by atoms with Crippen LogP contribution in [0.15, 0.2) is 68.6 Å². The minimum Gasteiger partial charge on any atom is -0.289 e. The van der Waals surface area contributed by atoms with E-state index in [1.165, 1.54) is 15.4 Å². The number of carbonyl (C=O) groups is 1. The molecule has 0 aromatic heterocycles. The van der Waals surface area contributed by atoms with Gasteiger partial charge in [0.05, 0.1) is 0 Å². The van der Waals surface area contributed by atoms with Crippen LogP contribution in [0.2, 0.25) is 0 Å². The summed E-state index contributed by atoms with van der Waals surface area (Å²) in [5.74, 6) is 0.145. The van der Waals surface area contributed by atoms with Gasteiger partial charge in [0.25, 0.3) is 0 Å². The van der Waals surface area contributed by atoms with E-state index < -0.39 is 0 Å². The number of hydrogen-bond acceptors (Lipinski definition) is 3. The zero-order valence-electron chi connectivity index (χ0n) is 11.6. The summed E-state index contributed by atoms with van der Waals surface area (Å²) < 4.78 is 1.09. The van der Waals surface area contributed by atoms with Crippen LogP contribution in [0, 0.1) is 0 Å². The maximum absolute atomic E-state index is 11.8. The molecule has 0 fully saturated rings. The number of allylic oxidation sites excluding steroid dienone is 6. The minimum atomic E-state index is 0.145. The van der Waals surface area contributed by atoms with Crippen LogP contribution >= 0.6 is 37.5 Å². The third-order valence-electron chi connectivity index (χ3n) is 3.36. The van der Waals surface area contributed by atoms with Crippen molar-refractivity contribution in [2.24, 2.45) is 0 Å². The number of Topliss-reactive ketones (excluding diaryl/α,β-unsaturated/α-hetero) is 1. The summed E-state index contributed by atoms with van der Waals surface area (Å²) in [6.45, 7) is 3.76. The molecule has 0 amide bonds. The fraction of sp³-hybridized carbons (Fsp3) is 0.118. The van der Waals surface area contributed by atoms with Crippen LogP contribution < -0.4 is 0 Å². The Morgan fingerprint density at radius 2 is 1.52 bits per heavy atom. The van der Waals surface area contributed by atoms with Crippen molar-refractivity contribution in [2.75, 3.05) is 0 Å². The van der Waals surface area contributed by atoms with Gasteiger partial charge in [0, 0.05) is 14.3 Å². The van der Waals surface area contributed by atoms with Crippen molar-refractivity contribution < 1.29 is 4.79 Å². The van der Waals surface area contributed by atoms with E-state index in [9.17, 15) is 4.79 Å². The Morgan fingerprint density at radius 1 is 0.905 bits per heavy atom. The van der Waals surface area contributed by atoms with Gasteiger partial charge in [0.1, 0.15) is 0 Å². The van der Waals surface area contributed by atoms with Crippen molar-refractivity contribution in [3.63, 3.8) is 0 Å². The van der Waals surface area contributed by atoms with Crippen LogP contribution in [0.1, 0.15) is 19.4 Å². The summed E-state index contributed by atoms with van der Waals surface area (Å²) in [5, 5.41) is 0. The first-order chi connectivity index (χ1) is 10.0. The van der Waals surface area contributed by atoms with E-state index in [2.05, 4.69) is 46.3 Å². The molecule has 0 saturated carbocycles. The lowest BCUT2D eigenvalue weighted by Gasteiger charge is -2.10. The summed E-state index contributed by atoms with van der Waals surface area (Å²) in [6, 6.07) is 8.34. The predicted octanol–water partition coefficient (Wildman–Crippen LogP) is 5.91. The molecule has 106 valence electrons. The van der Waals surface area contributed by atoms with E-state index in [-0.39, 0.29) is 5.78 Å². The molecule has 1 aromatic carbocycles. The highest BCUT2D eigenvalue weighted by molar-refractivity contribution is 9.10. The summed E-state index contributed by atoms with van der Waals surface area (Å²) >= 11 is 3.46. The topological polar surface area (TPSA) is 17.1 Å². The lowest BCUT2D eigenvalue weighted by atomic mass is 9.95. The van der Waals surface area contributed by atoms with E-state index in [0.717, 1.165) is 21.2 Å². The van der Waals surface area contributed by atoms with E-state index in [0.29, 0.717) is 0 Å². The van der Waals surface area contributed by atoms with Gasteiger partial charge in [-0.3, -0.25) is 4.79 Å². The van der Waals surface area contributed by atoms with Crippen molar-refractivity contribution in [2.45, 2.75) is 13.8 Å². The van der Waals surface area contributed by atoms with E-state index in [4.69, 9.17) is 0 Å². The first-order valence-electron chi connectivity index (χ1n) is 6.52. The molecule has 0 spiro atoms. The lowest BCUT2D eigenvalue weighted by Crippen LogP contribution is -2.06. The Bertz CT molecular complexity index is 713. The molecule has 0 saturated heterocycles. The second-order valence-corrected chi connectivity index (χ2v) is 8.11. The van der Waals surface area contributed by atoms with Crippen LogP contribution in [-0.2, 0) is 4.79 Å². The third-order valence-corrected chi connectivity index (χ3v) is 6.36. The first kappa shape index (κ1) is 14.9. The van der Waals surface area contributed by atoms with Gasteiger partial charge >= 0.3 is 0 Å². The van der Waals surface area contributed by atoms with Gasteiger partial charge < -0.3 is 0 Å². The Morgan fingerprint density at radius 3 is 2.14 bits per heavy atom. The smallest absolute Gasteiger partial charge is 0.184 e. The molecule has 0 bridgehead atoms. The summed E-state index contributed by atoms with van der Waals surface area (Å²) in [6.07, 6.45) is 6.18. The largest absolute Gasteiger partial charge is 0.289 e. The molecule has 1 nitrogen and oxygen atoms in total. The number of halogens is 1. The molecular weight excluding hydrogens is 364 g/mol. The van der Waals surface area contributed by atoms with Crippen molar-refractivity contribution in [1.29, 1.82) is 0 Å². The van der Waals surface area contributed by atoms with Crippen molar-refractivity contribution in [1.82, 2.24) is 0 Å². The summed E-state index contributed by atoms with van der Waals surface area (Å²) in [5.41, 5.74) is 3.98. The molecule has 21 heavy (non-hydrogen) atoms. The second-order valence-electron chi connectivity index (χ2n) is 4.99. The van der Waals surface area contributed by atoms with Crippen molar-refractivity contribution in [3.8, 4) is 0 Å². The van der Waals surface area contributed by atoms with Crippen LogP contribution in [0.25, 0.3) is 4.91 Å². The Kier molecular flexibility index (Phi) is 4.29. The fourth-order valence-electron chi connectivity index (χ4n) is 2.23. The molecule has 0 N–H and O–H groups in total. The average Bonchev–Trinajstić information content (AvgIpc) is 2.95. The highest BCUT2D eigenvalue weighted by atomic mass is 79.9. The zero-order chi connectivity index (χ0) is 15.0. The molecule has 1 aliphatic heterocycles. The van der Waals surface area contributed by atoms with Gasteiger partial charge in [-0.1, -0.05) is 49.7 Å². The fourth-order valence-corrected chi connectivity index (χ4v) is 4.93. The van der Waals surface area contributed by atoms with Crippen LogP contribution in [0.5, 0.6) is 0 Å². The van der Waals surface area contributed by atoms with Gasteiger partial charge in [0.2, 0.25) is 0 Å². The van der Waals surface area contributed by atoms with Gasteiger partial charge in [-0.05, 0) is 66.5 Å². The quantitative estimate of drug-likeness (QED) is 0.566. The monoisotopic (exact) mass is 376 g/mol. The number of carbonyl (C=O) groups excluding carboxylic acids is 1. The van der Waals surface area contributed by atoms with Crippen molar-refractivity contribution >= 4 is 48.2 Å². The van der Waals surface area contributed by atoms with Crippen LogP contribution in [0.4, 0.5) is 0 Å². The number of benzene rings is 1. The highest BCUT2D eigenvalue weighted by Gasteiger charge is 2.19. The maximum Gasteiger partial charge on any atom is 0.184 e. The van der Waals surface area contributed by atoms with E-state index in [1.54, 1.807) is 21.6 Å². The Balaban J connectivity index is 1.97. The zero-order valence-corrected chi connectivity index (χ0v) is 14.9. The SMILES string of the molecule is CC1=CC(=C2C=C(c3ccc(Br)cc3)SS2)C=C(C)C1=O. The molecule has 0 atom stereocenters. The average molecular weight is 377 g/mol. The number of hydrogen-bond donors (Lipinski definition) is 0. The van der Waals surface area contributed by atoms with E-state index in [1.807, 2.05) is 26.0 Å². The van der Waals surface area contributed by atoms with Gasteiger partial charge in [-0.25, -0.2) is 0 Å². The predicted molar refractivity (Wildman–Crippen MR) is 96.8 cm³/mol. The maximum atomic E-state index is 11.8. The Labute approximate surface area is 140 Å². The molecule has 2 aliphatic rings. The number of rotatable bonds is 1. The molecule has 0 radical (unpaired) electrons. The second kappa shape index (κ2) is 6.03. The molecule has 1 aromatic rings. The molecule has 1 heterocycles. The number of ketones is 1. The highest BCUT2D eigenvalue weighted by Crippen LogP contribution is 2.51. The van der Waals surface area contributed by atoms with E-state index >= 15 is 0 Å². The molecular formula is C17H13BrOS2. The lowest BCUT2D eigenvalue weighted by molar-refractivity contribution is -0.112. The summed E-state index contributed by atoms with van der Waals surface area (Å²) in [7, 11) is 3.52. The third kappa shape index (κ3) is 3.12. The summed E-state index contributed by atoms with van der Waals surface area (Å²) in [4.78, 5) is 14.3. The molecule has 3 rings (SSSR count). The standard InChI is InChI=1S/C17H13BrOS2/c1-10-7-13(8-11(2)17(10)19)16-9-15(20-21-16)12-3-5-14(18)6-4-12/h3-9H,1-2H3.